The molecule has 0 radical (unpaired) electrons. The van der Waals surface area contributed by atoms with Gasteiger partial charge in [-0.1, -0.05) is 0 Å². The first-order valence-corrected chi connectivity index (χ1v) is 6.59. The fraction of sp³-hybridized carbons (Fsp3) is 0.357. The van der Waals surface area contributed by atoms with Crippen LogP contribution >= 0.6 is 0 Å². The van der Waals surface area contributed by atoms with Crippen LogP contribution in [0.1, 0.15) is 31.4 Å². The lowest BCUT2D eigenvalue weighted by Crippen LogP contribution is -2.22. The smallest absolute Gasteiger partial charge is 0.279 e. The molecular weight excluding hydrogens is 240 g/mol. The SMILES string of the molecule is CCNc1cccn(-c2ccc(C3CC3)nn2)c1=O. The van der Waals surface area contributed by atoms with E-state index in [2.05, 4.69) is 15.5 Å². The lowest BCUT2D eigenvalue weighted by Gasteiger charge is -2.07. The summed E-state index contributed by atoms with van der Waals surface area (Å²) in [5.74, 6) is 1.14. The Morgan fingerprint density at radius 3 is 2.79 bits per heavy atom. The van der Waals surface area contributed by atoms with E-state index < -0.39 is 0 Å². The second-order valence-corrected chi connectivity index (χ2v) is 4.72. The highest BCUT2D eigenvalue weighted by atomic mass is 16.1. The minimum atomic E-state index is -0.0992. The number of rotatable bonds is 4. The third-order valence-electron chi connectivity index (χ3n) is 3.23. The van der Waals surface area contributed by atoms with Crippen LogP contribution in [-0.4, -0.2) is 21.3 Å². The highest BCUT2D eigenvalue weighted by Gasteiger charge is 2.25. The summed E-state index contributed by atoms with van der Waals surface area (Å²) in [6.07, 6.45) is 4.11. The van der Waals surface area contributed by atoms with Crippen molar-refractivity contribution < 1.29 is 0 Å². The van der Waals surface area contributed by atoms with Crippen LogP contribution in [0.4, 0.5) is 5.69 Å². The molecule has 3 rings (SSSR count). The molecule has 19 heavy (non-hydrogen) atoms. The van der Waals surface area contributed by atoms with Gasteiger partial charge >= 0.3 is 0 Å². The zero-order valence-corrected chi connectivity index (χ0v) is 10.8. The van der Waals surface area contributed by atoms with Gasteiger partial charge in [-0.2, -0.15) is 5.10 Å². The van der Waals surface area contributed by atoms with E-state index in [1.807, 2.05) is 25.1 Å². The van der Waals surface area contributed by atoms with Crippen molar-refractivity contribution >= 4 is 5.69 Å². The molecule has 2 aromatic rings. The number of nitrogens with zero attached hydrogens (tertiary/aromatic N) is 3. The first-order chi connectivity index (χ1) is 9.29. The molecule has 0 atom stereocenters. The van der Waals surface area contributed by atoms with Gasteiger partial charge in [0.2, 0.25) is 0 Å². The first-order valence-electron chi connectivity index (χ1n) is 6.59. The summed E-state index contributed by atoms with van der Waals surface area (Å²) >= 11 is 0. The van der Waals surface area contributed by atoms with Gasteiger partial charge in [0.05, 0.1) is 5.69 Å². The molecule has 0 spiro atoms. The van der Waals surface area contributed by atoms with Gasteiger partial charge in [0, 0.05) is 18.7 Å². The van der Waals surface area contributed by atoms with Crippen LogP contribution in [0.15, 0.2) is 35.3 Å². The molecule has 1 saturated carbocycles. The fourth-order valence-electron chi connectivity index (χ4n) is 2.06. The van der Waals surface area contributed by atoms with Crippen LogP contribution in [0, 0.1) is 0 Å². The van der Waals surface area contributed by atoms with Crippen molar-refractivity contribution in [3.63, 3.8) is 0 Å². The molecule has 1 fully saturated rings. The summed E-state index contributed by atoms with van der Waals surface area (Å²) in [5, 5.41) is 11.4. The van der Waals surface area contributed by atoms with E-state index in [0.29, 0.717) is 24.0 Å². The molecule has 5 nitrogen and oxygen atoms in total. The van der Waals surface area contributed by atoms with Gasteiger partial charge in [0.25, 0.3) is 5.56 Å². The molecule has 0 saturated heterocycles. The summed E-state index contributed by atoms with van der Waals surface area (Å²) in [6.45, 7) is 2.67. The Bertz CT molecular complexity index is 629. The number of nitrogens with one attached hydrogen (secondary N) is 1. The van der Waals surface area contributed by atoms with E-state index in [0.717, 1.165) is 5.69 Å². The van der Waals surface area contributed by atoms with Gasteiger partial charge < -0.3 is 5.32 Å². The standard InChI is InChI=1S/C14H16N4O/c1-2-15-12-4-3-9-18(14(12)19)13-8-7-11(16-17-13)10-5-6-10/h3-4,7-10,15H,2,5-6H2,1H3. The average molecular weight is 256 g/mol. The van der Waals surface area contributed by atoms with Crippen molar-refractivity contribution in [2.75, 3.05) is 11.9 Å². The highest BCUT2D eigenvalue weighted by Crippen LogP contribution is 2.38. The maximum Gasteiger partial charge on any atom is 0.279 e. The van der Waals surface area contributed by atoms with E-state index in [9.17, 15) is 4.79 Å². The predicted octanol–water partition coefficient (Wildman–Crippen LogP) is 1.94. The Kier molecular flexibility index (Phi) is 3.03. The maximum absolute atomic E-state index is 12.2. The molecule has 2 aromatic heterocycles. The Morgan fingerprint density at radius 2 is 2.16 bits per heavy atom. The fourth-order valence-corrected chi connectivity index (χ4v) is 2.06. The minimum Gasteiger partial charge on any atom is -0.381 e. The summed E-state index contributed by atoms with van der Waals surface area (Å²) in [6, 6.07) is 7.42. The van der Waals surface area contributed by atoms with Crippen LogP contribution in [0.5, 0.6) is 0 Å². The Hall–Kier alpha value is -2.17. The number of pyridine rings is 1. The Morgan fingerprint density at radius 1 is 1.32 bits per heavy atom. The molecule has 1 aliphatic carbocycles. The number of anilines is 1. The molecule has 1 aliphatic rings. The summed E-state index contributed by atoms with van der Waals surface area (Å²) in [5.41, 5.74) is 1.51. The summed E-state index contributed by atoms with van der Waals surface area (Å²) in [4.78, 5) is 12.2. The predicted molar refractivity (Wildman–Crippen MR) is 73.8 cm³/mol. The van der Waals surface area contributed by atoms with E-state index in [4.69, 9.17) is 0 Å². The van der Waals surface area contributed by atoms with Crippen LogP contribution in [-0.2, 0) is 0 Å². The number of aromatic nitrogens is 3. The van der Waals surface area contributed by atoms with Gasteiger partial charge in [-0.3, -0.25) is 9.36 Å². The molecular formula is C14H16N4O. The molecule has 5 heteroatoms. The van der Waals surface area contributed by atoms with E-state index in [1.165, 1.54) is 17.4 Å². The van der Waals surface area contributed by atoms with Crippen molar-refractivity contribution in [2.24, 2.45) is 0 Å². The molecule has 0 unspecified atom stereocenters. The second kappa shape index (κ2) is 4.84. The monoisotopic (exact) mass is 256 g/mol. The zero-order valence-electron chi connectivity index (χ0n) is 10.8. The molecule has 98 valence electrons. The summed E-state index contributed by atoms with van der Waals surface area (Å²) in [7, 11) is 0. The minimum absolute atomic E-state index is 0.0992. The second-order valence-electron chi connectivity index (χ2n) is 4.72. The average Bonchev–Trinajstić information content (AvgIpc) is 3.26. The van der Waals surface area contributed by atoms with Crippen molar-refractivity contribution in [3.05, 3.63) is 46.5 Å². The van der Waals surface area contributed by atoms with Crippen LogP contribution in [0.25, 0.3) is 5.82 Å². The normalized spacial score (nSPS) is 14.4. The van der Waals surface area contributed by atoms with Gasteiger partial charge in [-0.25, -0.2) is 0 Å². The first kappa shape index (κ1) is 11.9. The van der Waals surface area contributed by atoms with E-state index >= 15 is 0 Å². The quantitative estimate of drug-likeness (QED) is 0.908. The van der Waals surface area contributed by atoms with E-state index in [1.54, 1.807) is 12.3 Å². The zero-order chi connectivity index (χ0) is 13.2. The third kappa shape index (κ3) is 2.36. The lowest BCUT2D eigenvalue weighted by atomic mass is 10.3. The van der Waals surface area contributed by atoms with Crippen molar-refractivity contribution in [2.45, 2.75) is 25.7 Å². The largest absolute Gasteiger partial charge is 0.381 e. The molecule has 0 aliphatic heterocycles. The highest BCUT2D eigenvalue weighted by molar-refractivity contribution is 5.42. The van der Waals surface area contributed by atoms with Crippen molar-refractivity contribution in [1.29, 1.82) is 0 Å². The van der Waals surface area contributed by atoms with Crippen molar-refractivity contribution in [3.8, 4) is 5.82 Å². The molecule has 2 heterocycles. The van der Waals surface area contributed by atoms with Gasteiger partial charge in [0.1, 0.15) is 5.69 Å². The number of hydrogen-bond acceptors (Lipinski definition) is 4. The van der Waals surface area contributed by atoms with Crippen LogP contribution in [0.2, 0.25) is 0 Å². The van der Waals surface area contributed by atoms with Crippen molar-refractivity contribution in [1.82, 2.24) is 14.8 Å². The number of hydrogen-bond donors (Lipinski definition) is 1. The van der Waals surface area contributed by atoms with E-state index in [-0.39, 0.29) is 5.56 Å². The Labute approximate surface area is 111 Å². The third-order valence-corrected chi connectivity index (χ3v) is 3.23. The van der Waals surface area contributed by atoms with Crippen LogP contribution < -0.4 is 10.9 Å². The van der Waals surface area contributed by atoms with Gasteiger partial charge in [-0.05, 0) is 44.0 Å². The Balaban J connectivity index is 1.96. The molecule has 0 bridgehead atoms. The van der Waals surface area contributed by atoms with Crippen LogP contribution in [0.3, 0.4) is 0 Å². The maximum atomic E-state index is 12.2. The lowest BCUT2D eigenvalue weighted by molar-refractivity contribution is 0.841. The van der Waals surface area contributed by atoms with Gasteiger partial charge in [0.15, 0.2) is 5.82 Å². The molecule has 0 aromatic carbocycles. The molecule has 1 N–H and O–H groups in total. The summed E-state index contributed by atoms with van der Waals surface area (Å²) < 4.78 is 1.52. The van der Waals surface area contributed by atoms with Gasteiger partial charge in [-0.15, -0.1) is 5.10 Å². The topological polar surface area (TPSA) is 59.8 Å². The molecule has 0 amide bonds.